The zero-order chi connectivity index (χ0) is 30.8. The Labute approximate surface area is 260 Å². The van der Waals surface area contributed by atoms with Crippen LogP contribution in [0.15, 0.2) is 36.9 Å². The van der Waals surface area contributed by atoms with Crippen molar-refractivity contribution in [2.24, 2.45) is 5.73 Å². The second-order valence-electron chi connectivity index (χ2n) is 12.7. The molecule has 0 unspecified atom stereocenters. The van der Waals surface area contributed by atoms with Gasteiger partial charge in [-0.3, -0.25) is 14.5 Å². The van der Waals surface area contributed by atoms with Gasteiger partial charge in [0, 0.05) is 81.6 Å². The van der Waals surface area contributed by atoms with Gasteiger partial charge >= 0.3 is 0 Å². The molecule has 4 fully saturated rings. The zero-order valence-electron chi connectivity index (χ0n) is 26.1. The summed E-state index contributed by atoms with van der Waals surface area (Å²) in [5.41, 5.74) is 8.41. The van der Waals surface area contributed by atoms with Gasteiger partial charge in [-0.05, 0) is 69.5 Å². The number of anilines is 3. The molecule has 3 N–H and O–H groups in total. The molecular weight excluding hydrogens is 556 g/mol. The lowest BCUT2D eigenvalue weighted by atomic mass is 9.99. The Bertz CT molecular complexity index is 1340. The first kappa shape index (κ1) is 30.3. The van der Waals surface area contributed by atoms with Crippen LogP contribution in [0.3, 0.4) is 0 Å². The molecule has 4 aliphatic heterocycles. The molecule has 2 bridgehead atoms. The van der Waals surface area contributed by atoms with Gasteiger partial charge in [-0.2, -0.15) is 4.98 Å². The Morgan fingerprint density at radius 1 is 0.977 bits per heavy atom. The number of fused-ring (bicyclic) bond motifs is 2. The van der Waals surface area contributed by atoms with Crippen LogP contribution in [0.25, 0.3) is 0 Å². The molecule has 1 aromatic carbocycles. The molecule has 0 saturated carbocycles. The predicted molar refractivity (Wildman–Crippen MR) is 171 cm³/mol. The van der Waals surface area contributed by atoms with Crippen LogP contribution in [0.4, 0.5) is 17.2 Å². The molecule has 0 spiro atoms. The van der Waals surface area contributed by atoms with E-state index in [9.17, 15) is 9.59 Å². The van der Waals surface area contributed by atoms with E-state index >= 15 is 0 Å². The van der Waals surface area contributed by atoms with Crippen LogP contribution in [0, 0.1) is 0 Å². The maximum atomic E-state index is 12.4. The maximum Gasteiger partial charge on any atom is 0.271 e. The van der Waals surface area contributed by atoms with Crippen LogP contribution >= 0.6 is 0 Å². The fraction of sp³-hybridized carbons (Fsp3) is 0.576. The third-order valence-electron chi connectivity index (χ3n) is 9.91. The van der Waals surface area contributed by atoms with Gasteiger partial charge in [-0.1, -0.05) is 13.5 Å². The van der Waals surface area contributed by atoms with Crippen LogP contribution < -0.4 is 20.7 Å². The van der Waals surface area contributed by atoms with Gasteiger partial charge < -0.3 is 30.5 Å². The normalized spacial score (nSPS) is 24.7. The lowest BCUT2D eigenvalue weighted by molar-refractivity contribution is -0.131. The molecule has 11 nitrogen and oxygen atoms in total. The predicted octanol–water partition coefficient (Wildman–Crippen LogP) is 3.18. The quantitative estimate of drug-likeness (QED) is 0.417. The number of aromatic nitrogens is 2. The van der Waals surface area contributed by atoms with Gasteiger partial charge in [0.25, 0.3) is 5.91 Å². The van der Waals surface area contributed by atoms with Crippen molar-refractivity contribution in [2.45, 2.75) is 76.1 Å². The number of nitrogens with two attached hydrogens (primary N) is 1. The van der Waals surface area contributed by atoms with E-state index in [0.29, 0.717) is 24.0 Å². The smallest absolute Gasteiger partial charge is 0.271 e. The lowest BCUT2D eigenvalue weighted by Crippen LogP contribution is -2.52. The first-order valence-electron chi connectivity index (χ1n) is 16.2. The Morgan fingerprint density at radius 2 is 1.64 bits per heavy atom. The Hall–Kier alpha value is -3.70. The highest BCUT2D eigenvalue weighted by molar-refractivity contribution is 5.96. The minimum Gasteiger partial charge on any atom is -0.473 e. The zero-order valence-corrected chi connectivity index (χ0v) is 26.1. The third-order valence-corrected chi connectivity index (χ3v) is 9.91. The molecular formula is C33H46N8O3. The van der Waals surface area contributed by atoms with Gasteiger partial charge in [-0.15, -0.1) is 0 Å². The molecule has 11 heteroatoms. The molecule has 5 heterocycles. The summed E-state index contributed by atoms with van der Waals surface area (Å²) in [4.78, 5) is 43.6. The van der Waals surface area contributed by atoms with E-state index in [1.165, 1.54) is 37.7 Å². The number of aryl methyl sites for hydroxylation is 1. The SMILES string of the molecule is C=CC(=O)N1[C@@H]2CC[C@H]1C[C@@H](Oc1nc(Nc3ccc(N4CCC(N5CCN(C)CC5)CC4)cc3)c(C(N)=O)nc1CC)C2. The molecule has 4 aliphatic rings. The average molecular weight is 603 g/mol. The molecule has 4 saturated heterocycles. The first-order valence-corrected chi connectivity index (χ1v) is 16.2. The number of amides is 2. The second kappa shape index (κ2) is 13.1. The van der Waals surface area contributed by atoms with E-state index in [1.54, 1.807) is 0 Å². The number of piperidine rings is 2. The van der Waals surface area contributed by atoms with Crippen LogP contribution in [-0.4, -0.2) is 107 Å². The van der Waals surface area contributed by atoms with Gasteiger partial charge in [0.1, 0.15) is 11.8 Å². The first-order chi connectivity index (χ1) is 21.3. The van der Waals surface area contributed by atoms with E-state index in [0.717, 1.165) is 57.5 Å². The molecule has 3 atom stereocenters. The van der Waals surface area contributed by atoms with Crippen molar-refractivity contribution in [3.8, 4) is 5.88 Å². The summed E-state index contributed by atoms with van der Waals surface area (Å²) in [6.07, 6.45) is 7.61. The second-order valence-corrected chi connectivity index (χ2v) is 12.7. The van der Waals surface area contributed by atoms with Crippen molar-refractivity contribution in [1.29, 1.82) is 0 Å². The number of ether oxygens (including phenoxy) is 1. The molecule has 2 aromatic rings. The summed E-state index contributed by atoms with van der Waals surface area (Å²) in [5, 5.41) is 3.28. The molecule has 1 aromatic heterocycles. The van der Waals surface area contributed by atoms with Crippen LogP contribution in [0.2, 0.25) is 0 Å². The number of likely N-dealkylation sites (N-methyl/N-ethyl adjacent to an activating group) is 1. The van der Waals surface area contributed by atoms with Crippen molar-refractivity contribution in [2.75, 3.05) is 56.5 Å². The van der Waals surface area contributed by atoms with E-state index in [2.05, 4.69) is 50.8 Å². The fourth-order valence-corrected chi connectivity index (χ4v) is 7.45. The van der Waals surface area contributed by atoms with Crippen molar-refractivity contribution in [1.82, 2.24) is 24.7 Å². The van der Waals surface area contributed by atoms with Gasteiger partial charge in [0.05, 0.1) is 0 Å². The minimum atomic E-state index is -0.643. The third kappa shape index (κ3) is 6.39. The van der Waals surface area contributed by atoms with Gasteiger partial charge in [-0.25, -0.2) is 4.98 Å². The molecule has 0 aliphatic carbocycles. The Kier molecular flexibility index (Phi) is 9.04. The van der Waals surface area contributed by atoms with E-state index in [-0.39, 0.29) is 35.6 Å². The highest BCUT2D eigenvalue weighted by atomic mass is 16.5. The highest BCUT2D eigenvalue weighted by Gasteiger charge is 2.43. The number of primary amides is 1. The summed E-state index contributed by atoms with van der Waals surface area (Å²) >= 11 is 0. The number of piperazine rings is 1. The number of nitrogens with zero attached hydrogens (tertiary/aromatic N) is 6. The number of nitrogens with one attached hydrogen (secondary N) is 1. The standard InChI is InChI=1S/C33H46N8O3/c1-4-28-33(44-27-20-25-10-11-26(21-27)41(25)29(42)5-2)37-32(30(36-28)31(34)43)35-22-6-8-23(9-7-22)39-14-12-24(13-15-39)40-18-16-38(3)17-19-40/h5-9,24-27H,2,4,10-21H2,1,3H3,(H2,34,43)(H,35,37)/t25-,26+,27+. The van der Waals surface area contributed by atoms with Crippen molar-refractivity contribution in [3.63, 3.8) is 0 Å². The fourth-order valence-electron chi connectivity index (χ4n) is 7.45. The number of rotatable bonds is 9. The van der Waals surface area contributed by atoms with E-state index in [1.807, 2.05) is 24.0 Å². The number of hydrogen-bond acceptors (Lipinski definition) is 9. The molecule has 0 radical (unpaired) electrons. The number of hydrogen-bond donors (Lipinski definition) is 2. The van der Waals surface area contributed by atoms with Crippen molar-refractivity contribution >= 4 is 29.0 Å². The summed E-state index contributed by atoms with van der Waals surface area (Å²) in [5.74, 6) is 0.0410. The lowest BCUT2D eigenvalue weighted by Gasteiger charge is -2.42. The molecule has 44 heavy (non-hydrogen) atoms. The van der Waals surface area contributed by atoms with Crippen molar-refractivity contribution < 1.29 is 14.3 Å². The average Bonchev–Trinajstić information content (AvgIpc) is 3.31. The molecule has 6 rings (SSSR count). The summed E-state index contributed by atoms with van der Waals surface area (Å²) in [7, 11) is 2.20. The van der Waals surface area contributed by atoms with Crippen LogP contribution in [0.1, 0.15) is 61.6 Å². The van der Waals surface area contributed by atoms with Gasteiger partial charge in [0.15, 0.2) is 11.5 Å². The summed E-state index contributed by atoms with van der Waals surface area (Å²) in [6, 6.07) is 9.19. The monoisotopic (exact) mass is 602 g/mol. The van der Waals surface area contributed by atoms with E-state index < -0.39 is 5.91 Å². The van der Waals surface area contributed by atoms with Crippen molar-refractivity contribution in [3.05, 3.63) is 48.3 Å². The Balaban J connectivity index is 1.12. The van der Waals surface area contributed by atoms with Crippen LogP contribution in [-0.2, 0) is 11.2 Å². The molecule has 2 amide bonds. The number of carbonyl (C=O) groups is 2. The van der Waals surface area contributed by atoms with E-state index in [4.69, 9.17) is 15.5 Å². The number of carbonyl (C=O) groups excluding carboxylic acids is 2. The molecule has 236 valence electrons. The summed E-state index contributed by atoms with van der Waals surface area (Å²) in [6.45, 7) is 12.4. The topological polar surface area (TPSA) is 120 Å². The Morgan fingerprint density at radius 3 is 2.23 bits per heavy atom. The largest absolute Gasteiger partial charge is 0.473 e. The number of benzene rings is 1. The van der Waals surface area contributed by atoms with Gasteiger partial charge in [0.2, 0.25) is 11.8 Å². The maximum absolute atomic E-state index is 12.4. The highest BCUT2D eigenvalue weighted by Crippen LogP contribution is 2.38. The van der Waals surface area contributed by atoms with Crippen LogP contribution in [0.5, 0.6) is 5.88 Å². The summed E-state index contributed by atoms with van der Waals surface area (Å²) < 4.78 is 6.45. The minimum absolute atomic E-state index is 0.0107.